The van der Waals surface area contributed by atoms with E-state index >= 15 is 0 Å². The highest BCUT2D eigenvalue weighted by Gasteiger charge is 2.27. The fourth-order valence-electron chi connectivity index (χ4n) is 3.44. The second-order valence-corrected chi connectivity index (χ2v) is 6.55. The van der Waals surface area contributed by atoms with Crippen molar-refractivity contribution >= 4 is 5.95 Å². The van der Waals surface area contributed by atoms with Crippen LogP contribution in [-0.2, 0) is 7.05 Å². The van der Waals surface area contributed by atoms with Crippen LogP contribution in [0.2, 0.25) is 0 Å². The van der Waals surface area contributed by atoms with Gasteiger partial charge in [0.2, 0.25) is 5.95 Å². The Kier molecular flexibility index (Phi) is 5.00. The Bertz CT molecular complexity index is 930. The number of nitrogens with zero attached hydrogens (tertiary/aromatic N) is 8. The maximum absolute atomic E-state index is 5.15. The number of imidazole rings is 1. The third-order valence-corrected chi connectivity index (χ3v) is 4.90. The lowest BCUT2D eigenvalue weighted by atomic mass is 9.91. The zero-order valence-electron chi connectivity index (χ0n) is 16.1. The normalized spacial score (nSPS) is 14.9. The van der Waals surface area contributed by atoms with Crippen molar-refractivity contribution < 1.29 is 9.47 Å². The molecule has 0 unspecified atom stereocenters. The monoisotopic (exact) mass is 382 g/mol. The summed E-state index contributed by atoms with van der Waals surface area (Å²) in [5, 5.41) is 0. The Morgan fingerprint density at radius 3 is 2.25 bits per heavy atom. The van der Waals surface area contributed by atoms with E-state index in [0.29, 0.717) is 11.9 Å². The van der Waals surface area contributed by atoms with Gasteiger partial charge in [-0.15, -0.1) is 4.98 Å². The van der Waals surface area contributed by atoms with Gasteiger partial charge in [0.15, 0.2) is 0 Å². The summed E-state index contributed by atoms with van der Waals surface area (Å²) < 4.78 is 12.3. The molecule has 10 nitrogen and oxygen atoms in total. The van der Waals surface area contributed by atoms with Gasteiger partial charge in [-0.1, -0.05) is 0 Å². The molecular formula is C18H22N8O2. The molecule has 0 aliphatic carbocycles. The number of ether oxygens (including phenoxy) is 2. The summed E-state index contributed by atoms with van der Waals surface area (Å²) in [6.07, 6.45) is 8.91. The quantitative estimate of drug-likeness (QED) is 0.648. The molecule has 1 aliphatic rings. The smallest absolute Gasteiger partial charge is 0.324 e. The second-order valence-electron chi connectivity index (χ2n) is 6.55. The Morgan fingerprint density at radius 2 is 1.64 bits per heavy atom. The van der Waals surface area contributed by atoms with Crippen LogP contribution in [0.25, 0.3) is 11.4 Å². The van der Waals surface area contributed by atoms with Crippen molar-refractivity contribution in [2.24, 2.45) is 7.05 Å². The van der Waals surface area contributed by atoms with Crippen LogP contribution in [0.1, 0.15) is 24.5 Å². The average Bonchev–Trinajstić information content (AvgIpc) is 3.19. The van der Waals surface area contributed by atoms with Crippen LogP contribution in [0.3, 0.4) is 0 Å². The predicted molar refractivity (Wildman–Crippen MR) is 101 cm³/mol. The highest BCUT2D eigenvalue weighted by atomic mass is 16.5. The molecule has 0 saturated carbocycles. The van der Waals surface area contributed by atoms with E-state index in [2.05, 4.69) is 34.8 Å². The molecule has 4 rings (SSSR count). The summed E-state index contributed by atoms with van der Waals surface area (Å²) in [6, 6.07) is 0.493. The number of rotatable bonds is 5. The molecule has 3 aromatic rings. The molecule has 10 heteroatoms. The van der Waals surface area contributed by atoms with E-state index in [1.807, 2.05) is 17.8 Å². The van der Waals surface area contributed by atoms with Crippen molar-refractivity contribution in [3.05, 3.63) is 30.6 Å². The van der Waals surface area contributed by atoms with Gasteiger partial charge in [0.25, 0.3) is 0 Å². The van der Waals surface area contributed by atoms with E-state index in [0.717, 1.165) is 43.0 Å². The van der Waals surface area contributed by atoms with E-state index in [4.69, 9.17) is 9.47 Å². The second kappa shape index (κ2) is 7.75. The van der Waals surface area contributed by atoms with Crippen LogP contribution < -0.4 is 14.4 Å². The third-order valence-electron chi connectivity index (χ3n) is 4.90. The van der Waals surface area contributed by atoms with Gasteiger partial charge in [0.1, 0.15) is 5.69 Å². The zero-order chi connectivity index (χ0) is 19.5. The van der Waals surface area contributed by atoms with Crippen molar-refractivity contribution in [2.75, 3.05) is 32.2 Å². The van der Waals surface area contributed by atoms with Gasteiger partial charge in [-0.05, 0) is 12.8 Å². The highest BCUT2D eigenvalue weighted by Crippen LogP contribution is 2.33. The SMILES string of the molecule is COc1nc(OC)nc(N2CCC(c3nccnc3-c3cncn3C)CC2)n1. The van der Waals surface area contributed by atoms with Crippen LogP contribution in [-0.4, -0.2) is 61.8 Å². The van der Waals surface area contributed by atoms with Crippen LogP contribution in [0.4, 0.5) is 5.95 Å². The summed E-state index contributed by atoms with van der Waals surface area (Å²) in [7, 11) is 5.02. The number of aromatic nitrogens is 7. The van der Waals surface area contributed by atoms with E-state index < -0.39 is 0 Å². The van der Waals surface area contributed by atoms with Crippen LogP contribution in [0.5, 0.6) is 12.0 Å². The minimum atomic E-state index is 0.247. The Balaban J connectivity index is 1.54. The van der Waals surface area contributed by atoms with E-state index in [1.165, 1.54) is 14.2 Å². The molecule has 0 amide bonds. The minimum Gasteiger partial charge on any atom is -0.467 e. The van der Waals surface area contributed by atoms with Gasteiger partial charge in [-0.3, -0.25) is 9.97 Å². The lowest BCUT2D eigenvalue weighted by molar-refractivity contribution is 0.338. The number of hydrogen-bond acceptors (Lipinski definition) is 9. The first-order chi connectivity index (χ1) is 13.7. The maximum atomic E-state index is 5.15. The van der Waals surface area contributed by atoms with Crippen LogP contribution in [0.15, 0.2) is 24.9 Å². The lowest BCUT2D eigenvalue weighted by Crippen LogP contribution is -2.34. The van der Waals surface area contributed by atoms with Gasteiger partial charge < -0.3 is 18.9 Å². The summed E-state index contributed by atoms with van der Waals surface area (Å²) in [6.45, 7) is 1.59. The molecule has 1 aliphatic heterocycles. The summed E-state index contributed by atoms with van der Waals surface area (Å²) in [4.78, 5) is 28.3. The third kappa shape index (κ3) is 3.45. The number of methoxy groups -OCH3 is 2. The fourth-order valence-corrected chi connectivity index (χ4v) is 3.44. The Labute approximate surface area is 162 Å². The van der Waals surface area contributed by atoms with Crippen molar-refractivity contribution in [2.45, 2.75) is 18.8 Å². The Hall–Kier alpha value is -3.30. The minimum absolute atomic E-state index is 0.247. The van der Waals surface area contributed by atoms with Crippen molar-refractivity contribution in [3.63, 3.8) is 0 Å². The van der Waals surface area contributed by atoms with Gasteiger partial charge in [0.05, 0.1) is 38.1 Å². The number of hydrogen-bond donors (Lipinski definition) is 0. The highest BCUT2D eigenvalue weighted by molar-refractivity contribution is 5.57. The summed E-state index contributed by atoms with van der Waals surface area (Å²) in [5.74, 6) is 0.869. The first-order valence-electron chi connectivity index (χ1n) is 9.06. The van der Waals surface area contributed by atoms with Crippen LogP contribution >= 0.6 is 0 Å². The number of anilines is 1. The molecule has 1 saturated heterocycles. The molecule has 0 bridgehead atoms. The zero-order valence-corrected chi connectivity index (χ0v) is 16.1. The van der Waals surface area contributed by atoms with Crippen LogP contribution in [0, 0.1) is 0 Å². The van der Waals surface area contributed by atoms with Crippen molar-refractivity contribution in [1.82, 2.24) is 34.5 Å². The number of piperidine rings is 1. The predicted octanol–water partition coefficient (Wildman–Crippen LogP) is 1.46. The summed E-state index contributed by atoms with van der Waals surface area (Å²) >= 11 is 0. The molecular weight excluding hydrogens is 360 g/mol. The first-order valence-corrected chi connectivity index (χ1v) is 9.06. The molecule has 0 spiro atoms. The standard InChI is InChI=1S/C18H22N8O2/c1-25-11-19-10-13(25)15-14(20-6-7-21-15)12-4-8-26(9-5-12)16-22-17(27-2)24-18(23-16)28-3/h6-7,10-12H,4-5,8-9H2,1-3H3. The van der Waals surface area contributed by atoms with E-state index in [1.54, 1.807) is 18.7 Å². The molecule has 0 radical (unpaired) electrons. The summed E-state index contributed by atoms with van der Waals surface area (Å²) in [5.41, 5.74) is 2.87. The maximum Gasteiger partial charge on any atom is 0.324 e. The average molecular weight is 382 g/mol. The van der Waals surface area contributed by atoms with E-state index in [-0.39, 0.29) is 12.0 Å². The fraction of sp³-hybridized carbons (Fsp3) is 0.444. The topological polar surface area (TPSA) is 104 Å². The number of aryl methyl sites for hydroxylation is 1. The van der Waals surface area contributed by atoms with Crippen molar-refractivity contribution in [3.8, 4) is 23.4 Å². The molecule has 146 valence electrons. The molecule has 4 heterocycles. The molecule has 28 heavy (non-hydrogen) atoms. The largest absolute Gasteiger partial charge is 0.467 e. The first kappa shape index (κ1) is 18.1. The van der Waals surface area contributed by atoms with Crippen molar-refractivity contribution in [1.29, 1.82) is 0 Å². The molecule has 0 atom stereocenters. The Morgan fingerprint density at radius 1 is 0.964 bits per heavy atom. The lowest BCUT2D eigenvalue weighted by Gasteiger charge is -2.32. The molecule has 0 N–H and O–H groups in total. The molecule has 3 aromatic heterocycles. The van der Waals surface area contributed by atoms with Gasteiger partial charge in [-0.2, -0.15) is 9.97 Å². The van der Waals surface area contributed by atoms with Gasteiger partial charge in [0, 0.05) is 38.4 Å². The molecule has 1 fully saturated rings. The molecule has 0 aromatic carbocycles. The van der Waals surface area contributed by atoms with E-state index in [9.17, 15) is 0 Å². The van der Waals surface area contributed by atoms with Gasteiger partial charge >= 0.3 is 12.0 Å². The van der Waals surface area contributed by atoms with Gasteiger partial charge in [-0.25, -0.2) is 4.98 Å².